The summed E-state index contributed by atoms with van der Waals surface area (Å²) in [7, 11) is 0. The van der Waals surface area contributed by atoms with Gasteiger partial charge < -0.3 is 25.7 Å². The van der Waals surface area contributed by atoms with Crippen molar-refractivity contribution in [3.8, 4) is 16.9 Å². The maximum Gasteiger partial charge on any atom is 0.416 e. The van der Waals surface area contributed by atoms with Crippen LogP contribution in [0.15, 0.2) is 47.3 Å². The van der Waals surface area contributed by atoms with Crippen LogP contribution >= 0.6 is 11.6 Å². The van der Waals surface area contributed by atoms with Crippen molar-refractivity contribution in [2.24, 2.45) is 0 Å². The molecule has 12 heteroatoms. The standard InChI is InChI=1S/C21H14ClF3N2O6/c22-11-4-5-13(33-8-9-2-1-3-10(6-9)21(23,24)25)12(7-11)14-15(19(29)30)17(26)27-18(28)16(14)20(31)32/h1-7H,8H2,(H,29,30)(H,31,32)(H3,26,27,28). The molecule has 0 spiro atoms. The summed E-state index contributed by atoms with van der Waals surface area (Å²) < 4.78 is 44.5. The van der Waals surface area contributed by atoms with Crippen LogP contribution in [0.1, 0.15) is 31.8 Å². The minimum Gasteiger partial charge on any atom is -0.488 e. The number of nitrogen functional groups attached to an aromatic ring is 1. The van der Waals surface area contributed by atoms with Crippen LogP contribution in [0, 0.1) is 0 Å². The molecule has 0 saturated heterocycles. The summed E-state index contributed by atoms with van der Waals surface area (Å²) in [6.45, 7) is -0.387. The number of nitrogens with one attached hydrogen (secondary N) is 1. The zero-order valence-corrected chi connectivity index (χ0v) is 17.1. The summed E-state index contributed by atoms with van der Waals surface area (Å²) in [5.41, 5.74) is 1.32. The number of benzene rings is 2. The molecular formula is C21H14ClF3N2O6. The van der Waals surface area contributed by atoms with Crippen molar-refractivity contribution < 1.29 is 37.7 Å². The SMILES string of the molecule is Nc1[nH]c(=O)c(C(=O)O)c(-c2cc(Cl)ccc2OCc2cccc(C(F)(F)F)c2)c1C(=O)O. The van der Waals surface area contributed by atoms with E-state index in [1.807, 2.05) is 4.98 Å². The summed E-state index contributed by atoms with van der Waals surface area (Å²) in [6, 6.07) is 8.08. The van der Waals surface area contributed by atoms with E-state index in [1.54, 1.807) is 0 Å². The number of H-pyrrole nitrogens is 1. The minimum absolute atomic E-state index is 0.0444. The van der Waals surface area contributed by atoms with Gasteiger partial charge in [0.2, 0.25) is 0 Å². The van der Waals surface area contributed by atoms with E-state index in [1.165, 1.54) is 24.3 Å². The predicted octanol–water partition coefficient (Wildman–Crippen LogP) is 4.27. The van der Waals surface area contributed by atoms with E-state index < -0.39 is 51.7 Å². The molecule has 0 radical (unpaired) electrons. The number of halogens is 4. The molecule has 1 aromatic heterocycles. The Kier molecular flexibility index (Phi) is 6.36. The van der Waals surface area contributed by atoms with Gasteiger partial charge in [0.05, 0.1) is 5.56 Å². The maximum atomic E-state index is 13.0. The molecule has 1 heterocycles. The number of carbonyl (C=O) groups is 2. The normalized spacial score (nSPS) is 11.3. The van der Waals surface area contributed by atoms with Gasteiger partial charge in [0, 0.05) is 16.1 Å². The van der Waals surface area contributed by atoms with Gasteiger partial charge in [-0.25, -0.2) is 9.59 Å². The lowest BCUT2D eigenvalue weighted by Gasteiger charge is -2.17. The van der Waals surface area contributed by atoms with Crippen molar-refractivity contribution in [2.45, 2.75) is 12.8 Å². The molecule has 0 aliphatic rings. The average Bonchev–Trinajstić information content (AvgIpc) is 2.71. The van der Waals surface area contributed by atoms with Gasteiger partial charge in [-0.1, -0.05) is 23.7 Å². The first kappa shape index (κ1) is 23.7. The zero-order chi connectivity index (χ0) is 24.5. The first-order chi connectivity index (χ1) is 15.4. The summed E-state index contributed by atoms with van der Waals surface area (Å²) in [5, 5.41) is 19.2. The van der Waals surface area contributed by atoms with Crippen LogP contribution in [-0.2, 0) is 12.8 Å². The molecule has 3 rings (SSSR count). The third-order valence-corrected chi connectivity index (χ3v) is 4.77. The number of carboxylic acids is 2. The van der Waals surface area contributed by atoms with E-state index >= 15 is 0 Å². The number of aromatic nitrogens is 1. The van der Waals surface area contributed by atoms with E-state index in [4.69, 9.17) is 22.1 Å². The van der Waals surface area contributed by atoms with E-state index in [0.29, 0.717) is 0 Å². The van der Waals surface area contributed by atoms with Crippen molar-refractivity contribution in [3.05, 3.63) is 80.1 Å². The van der Waals surface area contributed by atoms with Gasteiger partial charge in [-0.05, 0) is 35.9 Å². The van der Waals surface area contributed by atoms with Crippen LogP contribution in [0.3, 0.4) is 0 Å². The Hall–Kier alpha value is -3.99. The number of rotatable bonds is 6. The number of aromatic amines is 1. The highest BCUT2D eigenvalue weighted by Gasteiger charge is 2.31. The Bertz CT molecular complexity index is 1320. The van der Waals surface area contributed by atoms with Crippen molar-refractivity contribution in [1.82, 2.24) is 4.98 Å². The number of hydrogen-bond acceptors (Lipinski definition) is 5. The summed E-state index contributed by atoms with van der Waals surface area (Å²) in [5.74, 6) is -4.11. The maximum absolute atomic E-state index is 13.0. The Morgan fingerprint density at radius 1 is 1.06 bits per heavy atom. The summed E-state index contributed by atoms with van der Waals surface area (Å²) >= 11 is 6.01. The number of alkyl halides is 3. The van der Waals surface area contributed by atoms with Crippen molar-refractivity contribution in [2.75, 3.05) is 5.73 Å². The van der Waals surface area contributed by atoms with Gasteiger partial charge in [0.1, 0.15) is 29.3 Å². The molecule has 172 valence electrons. The fraction of sp³-hybridized carbons (Fsp3) is 0.0952. The Balaban J connectivity index is 2.16. The fourth-order valence-electron chi connectivity index (χ4n) is 3.14. The highest BCUT2D eigenvalue weighted by molar-refractivity contribution is 6.31. The fourth-order valence-corrected chi connectivity index (χ4v) is 3.31. The molecule has 2 aromatic carbocycles. The van der Waals surface area contributed by atoms with E-state index in [9.17, 15) is 37.8 Å². The Labute approximate surface area is 188 Å². The molecule has 0 unspecified atom stereocenters. The highest BCUT2D eigenvalue weighted by Crippen LogP contribution is 2.38. The largest absolute Gasteiger partial charge is 0.488 e. The predicted molar refractivity (Wildman–Crippen MR) is 112 cm³/mol. The third kappa shape index (κ3) is 4.93. The lowest BCUT2D eigenvalue weighted by molar-refractivity contribution is -0.137. The lowest BCUT2D eigenvalue weighted by Crippen LogP contribution is -2.24. The number of ether oxygens (including phenoxy) is 1. The van der Waals surface area contributed by atoms with Gasteiger partial charge in [-0.3, -0.25) is 4.79 Å². The second kappa shape index (κ2) is 8.87. The molecule has 5 N–H and O–H groups in total. The molecule has 33 heavy (non-hydrogen) atoms. The second-order valence-corrected chi connectivity index (χ2v) is 7.17. The minimum atomic E-state index is -4.57. The third-order valence-electron chi connectivity index (χ3n) is 4.53. The smallest absolute Gasteiger partial charge is 0.416 e. The van der Waals surface area contributed by atoms with Gasteiger partial charge in [-0.15, -0.1) is 0 Å². The molecule has 0 atom stereocenters. The molecule has 0 aliphatic heterocycles. The Morgan fingerprint density at radius 2 is 1.73 bits per heavy atom. The number of anilines is 1. The lowest BCUT2D eigenvalue weighted by atomic mass is 9.94. The molecule has 0 aliphatic carbocycles. The van der Waals surface area contributed by atoms with Crippen LogP contribution in [0.25, 0.3) is 11.1 Å². The van der Waals surface area contributed by atoms with Crippen LogP contribution < -0.4 is 16.0 Å². The second-order valence-electron chi connectivity index (χ2n) is 6.73. The van der Waals surface area contributed by atoms with Gasteiger partial charge in [0.25, 0.3) is 5.56 Å². The first-order valence-corrected chi connectivity index (χ1v) is 9.39. The van der Waals surface area contributed by atoms with Crippen LogP contribution in [0.2, 0.25) is 5.02 Å². The van der Waals surface area contributed by atoms with Gasteiger partial charge in [-0.2, -0.15) is 13.2 Å². The highest BCUT2D eigenvalue weighted by atomic mass is 35.5. The van der Waals surface area contributed by atoms with Crippen molar-refractivity contribution in [1.29, 1.82) is 0 Å². The number of carboxylic acid groups (broad SMARTS) is 2. The summed E-state index contributed by atoms with van der Waals surface area (Å²) in [6.07, 6.45) is -4.57. The first-order valence-electron chi connectivity index (χ1n) is 9.01. The number of pyridine rings is 1. The quantitative estimate of drug-likeness (QED) is 0.411. The van der Waals surface area contributed by atoms with Crippen molar-refractivity contribution >= 4 is 29.4 Å². The number of nitrogens with two attached hydrogens (primary N) is 1. The monoisotopic (exact) mass is 482 g/mol. The molecule has 8 nitrogen and oxygen atoms in total. The Morgan fingerprint density at radius 3 is 2.33 bits per heavy atom. The topological polar surface area (TPSA) is 143 Å². The van der Waals surface area contributed by atoms with Gasteiger partial charge >= 0.3 is 18.1 Å². The van der Waals surface area contributed by atoms with Crippen LogP contribution in [0.4, 0.5) is 19.0 Å². The van der Waals surface area contributed by atoms with Crippen molar-refractivity contribution in [3.63, 3.8) is 0 Å². The molecule has 0 bridgehead atoms. The van der Waals surface area contributed by atoms with E-state index in [-0.39, 0.29) is 28.5 Å². The molecule has 3 aromatic rings. The average molecular weight is 483 g/mol. The number of aromatic carboxylic acids is 2. The molecule has 0 saturated carbocycles. The van der Waals surface area contributed by atoms with E-state index in [2.05, 4.69) is 0 Å². The van der Waals surface area contributed by atoms with Crippen LogP contribution in [-0.4, -0.2) is 27.1 Å². The summed E-state index contributed by atoms with van der Waals surface area (Å²) in [4.78, 5) is 37.8. The van der Waals surface area contributed by atoms with E-state index in [0.717, 1.165) is 18.2 Å². The van der Waals surface area contributed by atoms with Crippen LogP contribution in [0.5, 0.6) is 5.75 Å². The van der Waals surface area contributed by atoms with Gasteiger partial charge in [0.15, 0.2) is 0 Å². The molecular weight excluding hydrogens is 469 g/mol. The molecule has 0 amide bonds. The molecule has 0 fully saturated rings. The number of hydrogen-bond donors (Lipinski definition) is 4. The zero-order valence-electron chi connectivity index (χ0n) is 16.4.